The summed E-state index contributed by atoms with van der Waals surface area (Å²) in [5.74, 6) is -0.372. The van der Waals surface area contributed by atoms with Crippen molar-refractivity contribution in [3.8, 4) is 5.75 Å². The molecule has 1 saturated carbocycles. The van der Waals surface area contributed by atoms with Crippen LogP contribution in [0.15, 0.2) is 18.2 Å². The van der Waals surface area contributed by atoms with E-state index < -0.39 is 11.2 Å². The summed E-state index contributed by atoms with van der Waals surface area (Å²) in [5.41, 5.74) is 0.209. The minimum absolute atomic E-state index is 0.202. The average molecular weight is 267 g/mol. The molecule has 0 radical (unpaired) electrons. The Bertz CT molecular complexity index is 472. The number of rotatable bonds is 6. The maximum absolute atomic E-state index is 13.6. The topological polar surface area (TPSA) is 47.6 Å². The van der Waals surface area contributed by atoms with Gasteiger partial charge in [0.15, 0.2) is 11.6 Å². The molecule has 0 amide bonds. The van der Waals surface area contributed by atoms with E-state index in [0.29, 0.717) is 18.8 Å². The van der Waals surface area contributed by atoms with Crippen LogP contribution in [0.4, 0.5) is 10.1 Å². The van der Waals surface area contributed by atoms with Crippen molar-refractivity contribution in [2.45, 2.75) is 19.8 Å². The number of benzene rings is 1. The summed E-state index contributed by atoms with van der Waals surface area (Å²) in [6.07, 6.45) is 1.62. The van der Waals surface area contributed by atoms with Gasteiger partial charge in [0.1, 0.15) is 0 Å². The molecule has 0 aromatic heterocycles. The van der Waals surface area contributed by atoms with Gasteiger partial charge in [0.2, 0.25) is 0 Å². The van der Waals surface area contributed by atoms with Gasteiger partial charge in [-0.25, -0.2) is 4.39 Å². The SMILES string of the molecule is CCOc1ccc(NCC2(C(=O)OC)CC2)cc1F. The molecule has 0 bridgehead atoms. The van der Waals surface area contributed by atoms with E-state index in [1.807, 2.05) is 0 Å². The van der Waals surface area contributed by atoms with Gasteiger partial charge in [-0.2, -0.15) is 0 Å². The number of anilines is 1. The van der Waals surface area contributed by atoms with E-state index >= 15 is 0 Å². The summed E-state index contributed by atoms with van der Waals surface area (Å²) >= 11 is 0. The lowest BCUT2D eigenvalue weighted by Gasteiger charge is -2.15. The van der Waals surface area contributed by atoms with E-state index in [4.69, 9.17) is 9.47 Å². The Kier molecular flexibility index (Phi) is 3.93. The van der Waals surface area contributed by atoms with Crippen molar-refractivity contribution in [3.05, 3.63) is 24.0 Å². The third-order valence-electron chi connectivity index (χ3n) is 3.33. The molecule has 0 unspecified atom stereocenters. The number of carbonyl (C=O) groups excluding carboxylic acids is 1. The number of ether oxygens (including phenoxy) is 2. The van der Waals surface area contributed by atoms with E-state index in [0.717, 1.165) is 12.8 Å². The number of halogens is 1. The minimum atomic E-state index is -0.427. The van der Waals surface area contributed by atoms with Gasteiger partial charge >= 0.3 is 5.97 Å². The van der Waals surface area contributed by atoms with Crippen LogP contribution < -0.4 is 10.1 Å². The van der Waals surface area contributed by atoms with Crippen molar-refractivity contribution in [3.63, 3.8) is 0 Å². The second-order valence-corrected chi connectivity index (χ2v) is 4.70. The first-order chi connectivity index (χ1) is 9.11. The van der Waals surface area contributed by atoms with Gasteiger partial charge < -0.3 is 14.8 Å². The molecule has 5 heteroatoms. The third-order valence-corrected chi connectivity index (χ3v) is 3.33. The summed E-state index contributed by atoms with van der Waals surface area (Å²) in [6.45, 7) is 2.70. The molecule has 104 valence electrons. The van der Waals surface area contributed by atoms with Gasteiger partial charge in [0, 0.05) is 18.3 Å². The highest BCUT2D eigenvalue weighted by Gasteiger charge is 2.50. The summed E-state index contributed by atoms with van der Waals surface area (Å²) < 4.78 is 23.5. The van der Waals surface area contributed by atoms with E-state index in [9.17, 15) is 9.18 Å². The molecule has 0 atom stereocenters. The first-order valence-corrected chi connectivity index (χ1v) is 6.36. The molecule has 1 aliphatic rings. The van der Waals surface area contributed by atoms with Crippen molar-refractivity contribution in [2.75, 3.05) is 25.6 Å². The highest BCUT2D eigenvalue weighted by atomic mass is 19.1. The van der Waals surface area contributed by atoms with E-state index in [1.54, 1.807) is 19.1 Å². The molecule has 1 fully saturated rings. The van der Waals surface area contributed by atoms with Gasteiger partial charge in [0.25, 0.3) is 0 Å². The Labute approximate surface area is 111 Å². The molecule has 1 N–H and O–H groups in total. The largest absolute Gasteiger partial charge is 0.491 e. The predicted molar refractivity (Wildman–Crippen MR) is 69.7 cm³/mol. The van der Waals surface area contributed by atoms with Crippen LogP contribution in [0.2, 0.25) is 0 Å². The van der Waals surface area contributed by atoms with Crippen LogP contribution in [0.5, 0.6) is 5.75 Å². The highest BCUT2D eigenvalue weighted by Crippen LogP contribution is 2.46. The first-order valence-electron chi connectivity index (χ1n) is 6.36. The lowest BCUT2D eigenvalue weighted by Crippen LogP contribution is -2.25. The fraction of sp³-hybridized carbons (Fsp3) is 0.500. The van der Waals surface area contributed by atoms with E-state index in [2.05, 4.69) is 5.32 Å². The molecule has 4 nitrogen and oxygen atoms in total. The van der Waals surface area contributed by atoms with Gasteiger partial charge in [0.05, 0.1) is 19.1 Å². The number of hydrogen-bond donors (Lipinski definition) is 1. The maximum Gasteiger partial charge on any atom is 0.313 e. The Hall–Kier alpha value is -1.78. The summed E-state index contributed by atoms with van der Waals surface area (Å²) in [4.78, 5) is 11.6. The van der Waals surface area contributed by atoms with Gasteiger partial charge in [-0.1, -0.05) is 0 Å². The maximum atomic E-state index is 13.6. The Morgan fingerprint density at radius 2 is 2.21 bits per heavy atom. The van der Waals surface area contributed by atoms with Crippen molar-refractivity contribution in [1.29, 1.82) is 0 Å². The lowest BCUT2D eigenvalue weighted by atomic mass is 10.1. The molecule has 0 spiro atoms. The zero-order valence-corrected chi connectivity index (χ0v) is 11.2. The molecule has 1 aromatic rings. The molecule has 1 aliphatic carbocycles. The summed E-state index contributed by atoms with van der Waals surface area (Å²) in [5, 5.41) is 3.08. The van der Waals surface area contributed by atoms with Gasteiger partial charge in [-0.15, -0.1) is 0 Å². The molecule has 19 heavy (non-hydrogen) atoms. The lowest BCUT2D eigenvalue weighted by molar-refractivity contribution is -0.146. The first kappa shape index (κ1) is 13.6. The molecule has 0 heterocycles. The van der Waals surface area contributed by atoms with Crippen LogP contribution in [-0.4, -0.2) is 26.2 Å². The zero-order chi connectivity index (χ0) is 13.9. The Balaban J connectivity index is 1.97. The van der Waals surface area contributed by atoms with Crippen LogP contribution in [0.1, 0.15) is 19.8 Å². The third kappa shape index (κ3) is 2.97. The molecule has 0 aliphatic heterocycles. The predicted octanol–water partition coefficient (Wildman–Crippen LogP) is 2.59. The molecular formula is C14H18FNO3. The van der Waals surface area contributed by atoms with Crippen LogP contribution in [0.3, 0.4) is 0 Å². The number of methoxy groups -OCH3 is 1. The van der Waals surface area contributed by atoms with Gasteiger partial charge in [-0.3, -0.25) is 4.79 Å². The number of esters is 1. The number of hydrogen-bond acceptors (Lipinski definition) is 4. The summed E-state index contributed by atoms with van der Waals surface area (Å²) in [7, 11) is 1.39. The highest BCUT2D eigenvalue weighted by molar-refractivity contribution is 5.80. The van der Waals surface area contributed by atoms with Gasteiger partial charge in [-0.05, 0) is 31.9 Å². The standard InChI is InChI=1S/C14H18FNO3/c1-3-19-12-5-4-10(8-11(12)15)16-9-14(6-7-14)13(17)18-2/h4-5,8,16H,3,6-7,9H2,1-2H3. The van der Waals surface area contributed by atoms with E-state index in [-0.39, 0.29) is 11.7 Å². The van der Waals surface area contributed by atoms with Crippen LogP contribution >= 0.6 is 0 Å². The van der Waals surface area contributed by atoms with Crippen molar-refractivity contribution in [1.82, 2.24) is 0 Å². The normalized spacial score (nSPS) is 15.7. The van der Waals surface area contributed by atoms with Crippen LogP contribution in [0.25, 0.3) is 0 Å². The number of nitrogens with one attached hydrogen (secondary N) is 1. The Morgan fingerprint density at radius 3 is 2.74 bits per heavy atom. The second kappa shape index (κ2) is 5.47. The zero-order valence-electron chi connectivity index (χ0n) is 11.2. The fourth-order valence-electron chi connectivity index (χ4n) is 1.98. The Morgan fingerprint density at radius 1 is 1.47 bits per heavy atom. The molecule has 2 rings (SSSR count). The molecular weight excluding hydrogens is 249 g/mol. The molecule has 1 aromatic carbocycles. The van der Waals surface area contributed by atoms with Crippen molar-refractivity contribution in [2.24, 2.45) is 5.41 Å². The smallest absolute Gasteiger partial charge is 0.313 e. The van der Waals surface area contributed by atoms with Crippen LogP contribution in [-0.2, 0) is 9.53 Å². The number of carbonyl (C=O) groups is 1. The molecule has 0 saturated heterocycles. The van der Waals surface area contributed by atoms with Crippen molar-refractivity contribution < 1.29 is 18.7 Å². The van der Waals surface area contributed by atoms with E-state index in [1.165, 1.54) is 13.2 Å². The quantitative estimate of drug-likeness (QED) is 0.805. The summed E-state index contributed by atoms with van der Waals surface area (Å²) in [6, 6.07) is 4.69. The second-order valence-electron chi connectivity index (χ2n) is 4.70. The van der Waals surface area contributed by atoms with Crippen molar-refractivity contribution >= 4 is 11.7 Å². The monoisotopic (exact) mass is 267 g/mol. The minimum Gasteiger partial charge on any atom is -0.491 e. The van der Waals surface area contributed by atoms with Crippen LogP contribution in [0, 0.1) is 11.2 Å². The fourth-order valence-corrected chi connectivity index (χ4v) is 1.98. The average Bonchev–Trinajstić information content (AvgIpc) is 3.20.